The second kappa shape index (κ2) is 7.35. The van der Waals surface area contributed by atoms with E-state index in [-0.39, 0.29) is 23.8 Å². The number of hydrogen-bond acceptors (Lipinski definition) is 4. The van der Waals surface area contributed by atoms with Crippen LogP contribution in [0.5, 0.6) is 0 Å². The van der Waals surface area contributed by atoms with Gasteiger partial charge in [0.1, 0.15) is 5.54 Å². The van der Waals surface area contributed by atoms with Crippen molar-refractivity contribution in [2.75, 3.05) is 20.1 Å². The van der Waals surface area contributed by atoms with Crippen LogP contribution in [0.1, 0.15) is 51.1 Å². The van der Waals surface area contributed by atoms with Crippen molar-refractivity contribution in [1.29, 1.82) is 0 Å². The highest BCUT2D eigenvalue weighted by atomic mass is 16.4. The van der Waals surface area contributed by atoms with Crippen LogP contribution in [-0.2, 0) is 9.59 Å². The Hall–Kier alpha value is -1.95. The van der Waals surface area contributed by atoms with Crippen LogP contribution in [0.2, 0.25) is 0 Å². The van der Waals surface area contributed by atoms with Crippen LogP contribution in [-0.4, -0.2) is 57.4 Å². The summed E-state index contributed by atoms with van der Waals surface area (Å²) in [4.78, 5) is 33.7. The maximum absolute atomic E-state index is 13.3. The minimum atomic E-state index is -1.02. The number of amides is 1. The van der Waals surface area contributed by atoms with E-state index >= 15 is 0 Å². The third-order valence-electron chi connectivity index (χ3n) is 5.94. The van der Waals surface area contributed by atoms with Gasteiger partial charge in [-0.15, -0.1) is 0 Å². The van der Waals surface area contributed by atoms with E-state index in [1.54, 1.807) is 12.4 Å². The number of pyridine rings is 1. The Morgan fingerprint density at radius 2 is 2.04 bits per heavy atom. The molecule has 0 aromatic carbocycles. The number of carboxylic acids is 1. The molecule has 1 N–H and O–H groups in total. The zero-order valence-corrected chi connectivity index (χ0v) is 15.9. The lowest BCUT2D eigenvalue weighted by molar-refractivity contribution is -0.151. The number of likely N-dealkylation sites (N-methyl/N-ethyl adjacent to an activating group) is 1. The predicted octanol–water partition coefficient (Wildman–Crippen LogP) is 2.57. The van der Waals surface area contributed by atoms with Gasteiger partial charge in [0.2, 0.25) is 5.91 Å². The molecule has 1 amide bonds. The Labute approximate surface area is 155 Å². The lowest BCUT2D eigenvalue weighted by Gasteiger charge is -2.36. The largest absolute Gasteiger partial charge is 0.480 e. The van der Waals surface area contributed by atoms with E-state index in [1.165, 1.54) is 0 Å². The minimum absolute atomic E-state index is 0.0927. The summed E-state index contributed by atoms with van der Waals surface area (Å²) in [5.74, 6) is -0.865. The highest BCUT2D eigenvalue weighted by Gasteiger charge is 2.57. The fourth-order valence-corrected chi connectivity index (χ4v) is 4.78. The van der Waals surface area contributed by atoms with Crippen molar-refractivity contribution in [3.05, 3.63) is 30.1 Å². The summed E-state index contributed by atoms with van der Waals surface area (Å²) in [6.45, 7) is 5.63. The Kier molecular flexibility index (Phi) is 5.32. The van der Waals surface area contributed by atoms with Crippen molar-refractivity contribution in [3.63, 3.8) is 0 Å². The van der Waals surface area contributed by atoms with Gasteiger partial charge in [-0.1, -0.05) is 19.9 Å². The van der Waals surface area contributed by atoms with Gasteiger partial charge < -0.3 is 10.0 Å². The maximum Gasteiger partial charge on any atom is 0.324 e. The lowest BCUT2D eigenvalue weighted by atomic mass is 9.83. The number of hydrogen-bond donors (Lipinski definition) is 1. The molecule has 3 heterocycles. The standard InChI is InChI=1S/C20H29N3O3/c1-14(2)11-20(19(25)26)12-16(18(24)23-9-4-5-10-23)17(22(20)3)15-7-6-8-21-13-15/h6-8,13-14,16-17H,4-5,9-12H2,1-3H3,(H,25,26)/t16-,17-,20-/m1/s1. The van der Waals surface area contributed by atoms with Crippen molar-refractivity contribution in [1.82, 2.24) is 14.8 Å². The molecule has 3 atom stereocenters. The minimum Gasteiger partial charge on any atom is -0.480 e. The van der Waals surface area contributed by atoms with E-state index in [0.29, 0.717) is 12.8 Å². The van der Waals surface area contributed by atoms with E-state index in [9.17, 15) is 14.7 Å². The molecule has 0 radical (unpaired) electrons. The molecule has 1 aromatic rings. The average molecular weight is 359 g/mol. The van der Waals surface area contributed by atoms with E-state index in [0.717, 1.165) is 31.5 Å². The van der Waals surface area contributed by atoms with Gasteiger partial charge in [-0.2, -0.15) is 0 Å². The van der Waals surface area contributed by atoms with E-state index < -0.39 is 11.5 Å². The quantitative estimate of drug-likeness (QED) is 0.875. The van der Waals surface area contributed by atoms with Gasteiger partial charge in [0.15, 0.2) is 0 Å². The monoisotopic (exact) mass is 359 g/mol. The molecule has 3 rings (SSSR count). The van der Waals surface area contributed by atoms with Crippen molar-refractivity contribution in [3.8, 4) is 0 Å². The second-order valence-corrected chi connectivity index (χ2v) is 8.12. The first kappa shape index (κ1) is 18.8. The number of carbonyl (C=O) groups is 2. The van der Waals surface area contributed by atoms with Gasteiger partial charge in [-0.3, -0.25) is 19.5 Å². The Morgan fingerprint density at radius 1 is 1.35 bits per heavy atom. The van der Waals surface area contributed by atoms with Gasteiger partial charge in [-0.05, 0) is 50.3 Å². The normalized spacial score (nSPS) is 29.5. The fraction of sp³-hybridized carbons (Fsp3) is 0.650. The van der Waals surface area contributed by atoms with Gasteiger partial charge in [0.05, 0.1) is 5.92 Å². The molecule has 6 nitrogen and oxygen atoms in total. The zero-order valence-electron chi connectivity index (χ0n) is 15.9. The Bertz CT molecular complexity index is 658. The van der Waals surface area contributed by atoms with Crippen LogP contribution in [0.4, 0.5) is 0 Å². The molecule has 6 heteroatoms. The van der Waals surface area contributed by atoms with Gasteiger partial charge in [-0.25, -0.2) is 0 Å². The SMILES string of the molecule is CC(C)C[C@]1(C(=O)O)C[C@@H](C(=O)N2CCCC2)[C@@H](c2cccnc2)N1C. The number of aliphatic carboxylic acids is 1. The molecule has 2 aliphatic heterocycles. The Morgan fingerprint density at radius 3 is 2.58 bits per heavy atom. The first-order chi connectivity index (χ1) is 12.4. The van der Waals surface area contributed by atoms with E-state index in [2.05, 4.69) is 4.98 Å². The van der Waals surface area contributed by atoms with E-state index in [1.807, 2.05) is 42.8 Å². The molecule has 2 fully saturated rings. The van der Waals surface area contributed by atoms with Crippen molar-refractivity contribution >= 4 is 11.9 Å². The summed E-state index contributed by atoms with van der Waals surface area (Å²) >= 11 is 0. The first-order valence-corrected chi connectivity index (χ1v) is 9.52. The highest BCUT2D eigenvalue weighted by Crippen LogP contribution is 2.49. The molecule has 0 saturated carbocycles. The van der Waals surface area contributed by atoms with Gasteiger partial charge in [0, 0.05) is 31.5 Å². The number of nitrogens with zero attached hydrogens (tertiary/aromatic N) is 3. The zero-order chi connectivity index (χ0) is 18.9. The van der Waals surface area contributed by atoms with Gasteiger partial charge in [0.25, 0.3) is 0 Å². The first-order valence-electron chi connectivity index (χ1n) is 9.52. The summed E-state index contributed by atoms with van der Waals surface area (Å²) in [5.41, 5.74) is -0.103. The molecule has 2 aliphatic rings. The third kappa shape index (κ3) is 3.22. The summed E-state index contributed by atoms with van der Waals surface area (Å²) < 4.78 is 0. The molecule has 0 bridgehead atoms. The van der Waals surface area contributed by atoms with Crippen molar-refractivity contribution < 1.29 is 14.7 Å². The van der Waals surface area contributed by atoms with Crippen molar-refractivity contribution in [2.24, 2.45) is 11.8 Å². The summed E-state index contributed by atoms with van der Waals surface area (Å²) in [7, 11) is 1.85. The molecule has 0 unspecified atom stereocenters. The maximum atomic E-state index is 13.3. The number of aromatic nitrogens is 1. The van der Waals surface area contributed by atoms with Crippen LogP contribution in [0.25, 0.3) is 0 Å². The molecular weight excluding hydrogens is 330 g/mol. The molecule has 2 saturated heterocycles. The molecule has 0 aliphatic carbocycles. The number of likely N-dealkylation sites (tertiary alicyclic amines) is 2. The summed E-state index contributed by atoms with van der Waals surface area (Å²) in [6, 6.07) is 3.54. The average Bonchev–Trinajstić information content (AvgIpc) is 3.23. The fourth-order valence-electron chi connectivity index (χ4n) is 4.78. The van der Waals surface area contributed by atoms with Crippen LogP contribution < -0.4 is 0 Å². The van der Waals surface area contributed by atoms with Crippen molar-refractivity contribution in [2.45, 2.75) is 51.1 Å². The molecule has 26 heavy (non-hydrogen) atoms. The van der Waals surface area contributed by atoms with E-state index in [4.69, 9.17) is 0 Å². The summed E-state index contributed by atoms with van der Waals surface area (Å²) in [6.07, 6.45) is 6.40. The lowest BCUT2D eigenvalue weighted by Crippen LogP contribution is -2.50. The number of carbonyl (C=O) groups excluding carboxylic acids is 1. The Balaban J connectivity index is 2.01. The number of rotatable bonds is 5. The highest BCUT2D eigenvalue weighted by molar-refractivity contribution is 5.85. The third-order valence-corrected chi connectivity index (χ3v) is 5.94. The number of carboxylic acid groups (broad SMARTS) is 1. The van der Waals surface area contributed by atoms with Gasteiger partial charge >= 0.3 is 5.97 Å². The van der Waals surface area contributed by atoms with Crippen LogP contribution in [0.15, 0.2) is 24.5 Å². The summed E-state index contributed by atoms with van der Waals surface area (Å²) in [5, 5.41) is 10.1. The topological polar surface area (TPSA) is 73.7 Å². The van der Waals surface area contributed by atoms with Crippen LogP contribution in [0.3, 0.4) is 0 Å². The smallest absolute Gasteiger partial charge is 0.324 e. The second-order valence-electron chi connectivity index (χ2n) is 8.12. The van der Waals surface area contributed by atoms with Crippen LogP contribution >= 0.6 is 0 Å². The van der Waals surface area contributed by atoms with Crippen LogP contribution in [0, 0.1) is 11.8 Å². The molecule has 1 aromatic heterocycles. The predicted molar refractivity (Wildman–Crippen MR) is 98.5 cm³/mol. The molecular formula is C20H29N3O3. The molecule has 142 valence electrons. The molecule has 0 spiro atoms.